The molecule has 108 valence electrons. The Morgan fingerprint density at radius 1 is 1.11 bits per heavy atom. The summed E-state index contributed by atoms with van der Waals surface area (Å²) in [5, 5.41) is 2.79. The van der Waals surface area contributed by atoms with Gasteiger partial charge < -0.3 is 10.2 Å². The molecular weight excluding hydrogens is 240 g/mol. The largest absolute Gasteiger partial charge is 0.352 e. The molecule has 0 aliphatic heterocycles. The van der Waals surface area contributed by atoms with Crippen LogP contribution < -0.4 is 5.32 Å². The van der Waals surface area contributed by atoms with Crippen LogP contribution in [0, 0.1) is 0 Å². The van der Waals surface area contributed by atoms with Gasteiger partial charge in [0.1, 0.15) is 0 Å². The summed E-state index contributed by atoms with van der Waals surface area (Å²) >= 11 is 0. The number of amides is 2. The third-order valence-electron chi connectivity index (χ3n) is 2.79. The zero-order valence-corrected chi connectivity index (χ0v) is 12.8. The topological polar surface area (TPSA) is 49.4 Å². The van der Waals surface area contributed by atoms with Crippen LogP contribution >= 0.6 is 0 Å². The maximum absolute atomic E-state index is 11.9. The van der Waals surface area contributed by atoms with Crippen molar-refractivity contribution >= 4 is 11.8 Å². The Balaban J connectivity index is 4.11. The molecule has 0 heterocycles. The van der Waals surface area contributed by atoms with E-state index in [0.717, 1.165) is 30.4 Å². The van der Waals surface area contributed by atoms with Crippen molar-refractivity contribution in [3.63, 3.8) is 0 Å². The molecule has 0 rings (SSSR count). The van der Waals surface area contributed by atoms with E-state index in [0.29, 0.717) is 12.1 Å². The van der Waals surface area contributed by atoms with E-state index in [-0.39, 0.29) is 11.8 Å². The van der Waals surface area contributed by atoms with Crippen LogP contribution in [-0.2, 0) is 9.59 Å². The molecule has 0 unspecified atom stereocenters. The first-order valence-electron chi connectivity index (χ1n) is 6.59. The van der Waals surface area contributed by atoms with Crippen molar-refractivity contribution in [1.29, 1.82) is 0 Å². The smallest absolute Gasteiger partial charge is 0.249 e. The van der Waals surface area contributed by atoms with Crippen molar-refractivity contribution < 1.29 is 9.59 Å². The molecule has 0 saturated carbocycles. The van der Waals surface area contributed by atoms with Crippen LogP contribution in [0.3, 0.4) is 0 Å². The van der Waals surface area contributed by atoms with Gasteiger partial charge in [0, 0.05) is 31.8 Å². The predicted octanol–water partition coefficient (Wildman–Crippen LogP) is 2.27. The Labute approximate surface area is 116 Å². The van der Waals surface area contributed by atoms with E-state index in [9.17, 15) is 9.59 Å². The van der Waals surface area contributed by atoms with Gasteiger partial charge in [0.15, 0.2) is 0 Å². The second kappa shape index (κ2) is 8.51. The van der Waals surface area contributed by atoms with Gasteiger partial charge in [-0.2, -0.15) is 0 Å². The lowest BCUT2D eigenvalue weighted by Gasteiger charge is -2.15. The van der Waals surface area contributed by atoms with Crippen molar-refractivity contribution in [3.8, 4) is 0 Å². The number of carbonyl (C=O) groups excluding carboxylic acids is 2. The molecule has 0 atom stereocenters. The minimum atomic E-state index is -0.105. The summed E-state index contributed by atoms with van der Waals surface area (Å²) in [7, 11) is 3.52. The van der Waals surface area contributed by atoms with Gasteiger partial charge in [-0.15, -0.1) is 0 Å². The van der Waals surface area contributed by atoms with E-state index in [4.69, 9.17) is 0 Å². The molecule has 0 aromatic heterocycles. The van der Waals surface area contributed by atoms with Crippen LogP contribution in [0.4, 0.5) is 0 Å². The van der Waals surface area contributed by atoms with Gasteiger partial charge in [0.25, 0.3) is 0 Å². The Bertz CT molecular complexity index is 378. The number of unbranched alkanes of at least 4 members (excludes halogenated alkanes) is 1. The van der Waals surface area contributed by atoms with Crippen molar-refractivity contribution in [1.82, 2.24) is 10.2 Å². The number of likely N-dealkylation sites (N-methyl/N-ethyl adjacent to an activating group) is 1. The summed E-state index contributed by atoms with van der Waals surface area (Å²) in [5.41, 5.74) is 2.45. The lowest BCUT2D eigenvalue weighted by Crippen LogP contribution is -2.25. The molecule has 0 radical (unpaired) electrons. The number of hydrogen-bond donors (Lipinski definition) is 1. The summed E-state index contributed by atoms with van der Waals surface area (Å²) in [6, 6.07) is 0. The van der Waals surface area contributed by atoms with Gasteiger partial charge >= 0.3 is 0 Å². The number of nitrogens with one attached hydrogen (secondary N) is 1. The van der Waals surface area contributed by atoms with Crippen molar-refractivity contribution in [3.05, 3.63) is 23.3 Å². The molecular formula is C15H26N2O2. The van der Waals surface area contributed by atoms with E-state index >= 15 is 0 Å². The molecule has 0 aliphatic rings. The molecule has 2 amide bonds. The summed E-state index contributed by atoms with van der Waals surface area (Å²) in [4.78, 5) is 24.8. The normalized spacial score (nSPS) is 9.74. The first kappa shape index (κ1) is 17.4. The third-order valence-corrected chi connectivity index (χ3v) is 2.79. The molecule has 0 bridgehead atoms. The van der Waals surface area contributed by atoms with Gasteiger partial charge in [-0.05, 0) is 40.0 Å². The number of rotatable bonds is 7. The fourth-order valence-electron chi connectivity index (χ4n) is 1.62. The van der Waals surface area contributed by atoms with Gasteiger partial charge in [0.05, 0.1) is 0 Å². The minimum Gasteiger partial charge on any atom is -0.352 e. The molecule has 1 N–H and O–H groups in total. The van der Waals surface area contributed by atoms with Crippen LogP contribution in [0.2, 0.25) is 0 Å². The first-order valence-corrected chi connectivity index (χ1v) is 6.59. The summed E-state index contributed by atoms with van der Waals surface area (Å²) < 4.78 is 0. The van der Waals surface area contributed by atoms with Gasteiger partial charge in [0.2, 0.25) is 11.8 Å². The fourth-order valence-corrected chi connectivity index (χ4v) is 1.62. The average molecular weight is 266 g/mol. The maximum Gasteiger partial charge on any atom is 0.249 e. The number of allylic oxidation sites excluding steroid dienone is 1. The molecule has 0 aromatic carbocycles. The number of nitrogens with zero attached hydrogens (tertiary/aromatic N) is 1. The fraction of sp³-hybridized carbons (Fsp3) is 0.600. The van der Waals surface area contributed by atoms with Crippen molar-refractivity contribution in [2.75, 3.05) is 20.6 Å². The average Bonchev–Trinajstić information content (AvgIpc) is 2.31. The molecule has 4 nitrogen and oxygen atoms in total. The second-order valence-electron chi connectivity index (χ2n) is 5.17. The van der Waals surface area contributed by atoms with Crippen LogP contribution in [0.1, 0.15) is 40.0 Å². The van der Waals surface area contributed by atoms with Gasteiger partial charge in [-0.25, -0.2) is 0 Å². The Morgan fingerprint density at radius 2 is 1.68 bits per heavy atom. The quantitative estimate of drug-likeness (QED) is 0.567. The molecule has 0 aliphatic carbocycles. The van der Waals surface area contributed by atoms with E-state index < -0.39 is 0 Å². The summed E-state index contributed by atoms with van der Waals surface area (Å²) in [6.07, 6.45) is 2.50. The lowest BCUT2D eigenvalue weighted by atomic mass is 10.0. The summed E-state index contributed by atoms with van der Waals surface area (Å²) in [5.74, 6) is -0.0298. The highest BCUT2D eigenvalue weighted by Gasteiger charge is 2.12. The van der Waals surface area contributed by atoms with E-state index in [2.05, 4.69) is 11.9 Å². The van der Waals surface area contributed by atoms with E-state index in [1.807, 2.05) is 13.8 Å². The molecule has 0 aromatic rings. The Kier molecular flexibility index (Phi) is 7.80. The van der Waals surface area contributed by atoms with Crippen LogP contribution in [0.25, 0.3) is 0 Å². The van der Waals surface area contributed by atoms with Crippen LogP contribution in [0.15, 0.2) is 23.3 Å². The van der Waals surface area contributed by atoms with Crippen LogP contribution in [0.5, 0.6) is 0 Å². The third kappa shape index (κ3) is 6.79. The standard InChI is InChI=1S/C15H26N2O2/c1-11(2)13(15(19)17(5)6)9-7-8-10-16-14(18)12(3)4/h3,7-10H2,1-2,4-6H3,(H,16,18). The number of hydrogen-bond acceptors (Lipinski definition) is 2. The Hall–Kier alpha value is -1.58. The molecule has 0 saturated heterocycles. The Morgan fingerprint density at radius 3 is 2.11 bits per heavy atom. The van der Waals surface area contributed by atoms with Gasteiger partial charge in [-0.1, -0.05) is 12.2 Å². The zero-order chi connectivity index (χ0) is 15.0. The molecule has 0 spiro atoms. The summed E-state index contributed by atoms with van der Waals surface area (Å²) in [6.45, 7) is 9.80. The highest BCUT2D eigenvalue weighted by Crippen LogP contribution is 2.14. The monoisotopic (exact) mass is 266 g/mol. The van der Waals surface area contributed by atoms with E-state index in [1.165, 1.54) is 0 Å². The van der Waals surface area contributed by atoms with E-state index in [1.54, 1.807) is 25.9 Å². The zero-order valence-electron chi connectivity index (χ0n) is 12.8. The van der Waals surface area contributed by atoms with Crippen LogP contribution in [-0.4, -0.2) is 37.4 Å². The minimum absolute atomic E-state index is 0.0750. The predicted molar refractivity (Wildman–Crippen MR) is 78.7 cm³/mol. The first-order chi connectivity index (χ1) is 8.77. The second-order valence-corrected chi connectivity index (χ2v) is 5.17. The lowest BCUT2D eigenvalue weighted by molar-refractivity contribution is -0.125. The molecule has 4 heteroatoms. The molecule has 19 heavy (non-hydrogen) atoms. The van der Waals surface area contributed by atoms with Crippen molar-refractivity contribution in [2.45, 2.75) is 40.0 Å². The number of carbonyl (C=O) groups is 2. The highest BCUT2D eigenvalue weighted by atomic mass is 16.2. The van der Waals surface area contributed by atoms with Gasteiger partial charge in [-0.3, -0.25) is 9.59 Å². The molecule has 0 fully saturated rings. The maximum atomic E-state index is 11.9. The van der Waals surface area contributed by atoms with Crippen molar-refractivity contribution in [2.24, 2.45) is 0 Å². The highest BCUT2D eigenvalue weighted by molar-refractivity contribution is 5.93. The SMILES string of the molecule is C=C(C)C(=O)NCCCCC(C(=O)N(C)C)=C(C)C.